The summed E-state index contributed by atoms with van der Waals surface area (Å²) in [5, 5.41) is 9.17. The molecule has 1 amide bonds. The van der Waals surface area contributed by atoms with Crippen LogP contribution in [0.1, 0.15) is 25.7 Å². The molecule has 0 aromatic heterocycles. The molecule has 0 fully saturated rings. The minimum Gasteiger partial charge on any atom is -0.481 e. The van der Waals surface area contributed by atoms with E-state index in [4.69, 9.17) is 5.11 Å². The molecular formula is C8H16N2O5. The van der Waals surface area contributed by atoms with Crippen LogP contribution in [0.2, 0.25) is 0 Å². The van der Waals surface area contributed by atoms with Crippen LogP contribution in [0.5, 0.6) is 0 Å². The molecule has 0 aliphatic carbocycles. The van der Waals surface area contributed by atoms with Crippen LogP contribution in [0.25, 0.3) is 0 Å². The molecule has 0 unspecified atom stereocenters. The van der Waals surface area contributed by atoms with E-state index in [0.29, 0.717) is 12.8 Å². The molecule has 0 rings (SSSR count). The fraction of sp³-hybridized carbons (Fsp3) is 0.750. The lowest BCUT2D eigenvalue weighted by Gasteiger charge is -2.16. The quantitative estimate of drug-likeness (QED) is 0.445. The molecule has 15 heavy (non-hydrogen) atoms. The first-order valence-electron chi connectivity index (χ1n) is 4.49. The Bertz CT molecular complexity index is 205. The minimum absolute atomic E-state index is 0.0750. The van der Waals surface area contributed by atoms with Gasteiger partial charge in [-0.05, 0) is 12.8 Å². The summed E-state index contributed by atoms with van der Waals surface area (Å²) in [6, 6.07) is 0. The molecule has 0 saturated carbocycles. The maximum absolute atomic E-state index is 11.2. The minimum atomic E-state index is -0.856. The Morgan fingerprint density at radius 2 is 1.73 bits per heavy atom. The molecule has 0 aromatic carbocycles. The van der Waals surface area contributed by atoms with Crippen molar-refractivity contribution in [2.45, 2.75) is 25.7 Å². The highest BCUT2D eigenvalue weighted by Gasteiger charge is 2.07. The van der Waals surface area contributed by atoms with Crippen molar-refractivity contribution in [3.63, 3.8) is 0 Å². The second-order valence-electron chi connectivity index (χ2n) is 2.76. The third-order valence-electron chi connectivity index (χ3n) is 1.59. The van der Waals surface area contributed by atoms with E-state index in [-0.39, 0.29) is 18.7 Å². The number of nitrogens with one attached hydrogen (secondary N) is 1. The maximum atomic E-state index is 11.2. The first-order chi connectivity index (χ1) is 7.10. The van der Waals surface area contributed by atoms with Gasteiger partial charge in [0.2, 0.25) is 5.91 Å². The zero-order chi connectivity index (χ0) is 11.7. The Hall–Kier alpha value is -1.18. The number of aliphatic carboxylic acids is 1. The molecule has 0 bridgehead atoms. The zero-order valence-corrected chi connectivity index (χ0v) is 8.86. The molecule has 88 valence electrons. The largest absolute Gasteiger partial charge is 0.481 e. The number of carboxylic acid groups (broad SMARTS) is 1. The van der Waals surface area contributed by atoms with Crippen LogP contribution in [-0.4, -0.2) is 36.5 Å². The number of carbonyl (C=O) groups is 2. The van der Waals surface area contributed by atoms with E-state index < -0.39 is 5.97 Å². The number of nitrogens with zero attached hydrogens (tertiary/aromatic N) is 1. The molecule has 7 heteroatoms. The highest BCUT2D eigenvalue weighted by molar-refractivity contribution is 5.75. The topological polar surface area (TPSA) is 88.1 Å². The summed E-state index contributed by atoms with van der Waals surface area (Å²) in [7, 11) is 2.68. The lowest BCUT2D eigenvalue weighted by atomic mass is 10.2. The van der Waals surface area contributed by atoms with E-state index >= 15 is 0 Å². The van der Waals surface area contributed by atoms with Gasteiger partial charge in [0.1, 0.15) is 0 Å². The molecule has 0 aromatic rings. The molecule has 0 aliphatic heterocycles. The van der Waals surface area contributed by atoms with Gasteiger partial charge < -0.3 is 5.11 Å². The first kappa shape index (κ1) is 13.8. The third kappa shape index (κ3) is 7.86. The number of hydrazine groups is 1. The van der Waals surface area contributed by atoms with Crippen LogP contribution < -0.4 is 5.43 Å². The van der Waals surface area contributed by atoms with Gasteiger partial charge >= 0.3 is 5.97 Å². The van der Waals surface area contributed by atoms with Crippen LogP contribution in [0.4, 0.5) is 0 Å². The number of rotatable bonds is 8. The Kier molecular flexibility index (Phi) is 7.51. The lowest BCUT2D eigenvalue weighted by Crippen LogP contribution is -2.40. The lowest BCUT2D eigenvalue weighted by molar-refractivity contribution is -0.367. The summed E-state index contributed by atoms with van der Waals surface area (Å²) in [6.45, 7) is 0. The molecule has 0 radical (unpaired) electrons. The summed E-state index contributed by atoms with van der Waals surface area (Å²) in [4.78, 5) is 30.5. The number of hydrogen-bond donors (Lipinski definition) is 2. The molecule has 0 saturated heterocycles. The Morgan fingerprint density at radius 3 is 2.20 bits per heavy atom. The van der Waals surface area contributed by atoms with Gasteiger partial charge in [0.05, 0.1) is 14.2 Å². The fourth-order valence-corrected chi connectivity index (χ4v) is 0.885. The number of hydrogen-bond acceptors (Lipinski definition) is 5. The predicted molar refractivity (Wildman–Crippen MR) is 50.1 cm³/mol. The molecule has 0 aliphatic rings. The van der Waals surface area contributed by atoms with Crippen molar-refractivity contribution < 1.29 is 24.4 Å². The van der Waals surface area contributed by atoms with Crippen molar-refractivity contribution in [2.24, 2.45) is 0 Å². The van der Waals surface area contributed by atoms with Crippen LogP contribution in [0, 0.1) is 0 Å². The normalized spacial score (nSPS) is 10.3. The van der Waals surface area contributed by atoms with Gasteiger partial charge in [0.25, 0.3) is 0 Å². The fourth-order valence-electron chi connectivity index (χ4n) is 0.885. The second-order valence-corrected chi connectivity index (χ2v) is 2.76. The molecule has 7 nitrogen and oxygen atoms in total. The van der Waals surface area contributed by atoms with E-state index in [9.17, 15) is 9.59 Å². The summed E-state index contributed by atoms with van der Waals surface area (Å²) < 4.78 is 0. The monoisotopic (exact) mass is 220 g/mol. The van der Waals surface area contributed by atoms with Crippen molar-refractivity contribution in [3.05, 3.63) is 0 Å². The molecular weight excluding hydrogens is 204 g/mol. The molecule has 0 atom stereocenters. The van der Waals surface area contributed by atoms with Gasteiger partial charge in [-0.25, -0.2) is 5.43 Å². The number of carbonyl (C=O) groups excluding carboxylic acids is 1. The number of unbranched alkanes of at least 4 members (excludes halogenated alkanes) is 1. The SMILES string of the molecule is CON(NC(=O)CCCCC(=O)O)OC. The van der Waals surface area contributed by atoms with E-state index in [1.165, 1.54) is 14.2 Å². The summed E-state index contributed by atoms with van der Waals surface area (Å²) in [5.74, 6) is -1.14. The van der Waals surface area contributed by atoms with Gasteiger partial charge in [0, 0.05) is 18.2 Å². The van der Waals surface area contributed by atoms with E-state index in [0.717, 1.165) is 5.34 Å². The van der Waals surface area contributed by atoms with Gasteiger partial charge in [-0.15, -0.1) is 0 Å². The van der Waals surface area contributed by atoms with Gasteiger partial charge in [0.15, 0.2) is 0 Å². The van der Waals surface area contributed by atoms with Crippen molar-refractivity contribution in [2.75, 3.05) is 14.2 Å². The summed E-state index contributed by atoms with van der Waals surface area (Å²) in [5.41, 5.74) is 2.31. The Labute approximate surface area is 87.8 Å². The Balaban J connectivity index is 3.52. The van der Waals surface area contributed by atoms with Crippen molar-refractivity contribution in [1.29, 1.82) is 0 Å². The van der Waals surface area contributed by atoms with Crippen LogP contribution in [0.15, 0.2) is 0 Å². The number of carboxylic acids is 1. The van der Waals surface area contributed by atoms with Crippen LogP contribution in [0.3, 0.4) is 0 Å². The average Bonchev–Trinajstić information content (AvgIpc) is 2.20. The maximum Gasteiger partial charge on any atom is 0.303 e. The van der Waals surface area contributed by atoms with E-state index in [2.05, 4.69) is 15.1 Å². The highest BCUT2D eigenvalue weighted by atomic mass is 17.0. The number of amides is 1. The van der Waals surface area contributed by atoms with Gasteiger partial charge in [-0.2, -0.15) is 0 Å². The summed E-state index contributed by atoms with van der Waals surface area (Å²) in [6.07, 6.45) is 1.30. The van der Waals surface area contributed by atoms with Crippen LogP contribution >= 0.6 is 0 Å². The molecule has 2 N–H and O–H groups in total. The summed E-state index contributed by atoms with van der Waals surface area (Å²) >= 11 is 0. The Morgan fingerprint density at radius 1 is 1.20 bits per heavy atom. The van der Waals surface area contributed by atoms with Gasteiger partial charge in [-0.1, -0.05) is 0 Å². The van der Waals surface area contributed by atoms with Crippen molar-refractivity contribution >= 4 is 11.9 Å². The zero-order valence-electron chi connectivity index (χ0n) is 8.86. The molecule has 0 spiro atoms. The van der Waals surface area contributed by atoms with Crippen molar-refractivity contribution in [3.8, 4) is 0 Å². The van der Waals surface area contributed by atoms with Crippen LogP contribution in [-0.2, 0) is 19.3 Å². The predicted octanol–water partition coefficient (Wildman–Crippen LogP) is 0.0874. The highest BCUT2D eigenvalue weighted by Crippen LogP contribution is 1.99. The smallest absolute Gasteiger partial charge is 0.303 e. The van der Waals surface area contributed by atoms with Gasteiger partial charge in [-0.3, -0.25) is 19.3 Å². The average molecular weight is 220 g/mol. The first-order valence-corrected chi connectivity index (χ1v) is 4.49. The van der Waals surface area contributed by atoms with E-state index in [1.54, 1.807) is 0 Å². The van der Waals surface area contributed by atoms with Crippen molar-refractivity contribution in [1.82, 2.24) is 10.8 Å². The third-order valence-corrected chi connectivity index (χ3v) is 1.59. The standard InChI is InChI=1S/C8H16N2O5/c1-14-10(15-2)9-7(11)5-3-4-6-8(12)13/h3-6H2,1-2H3,(H,9,11)(H,12,13). The molecule has 0 heterocycles. The van der Waals surface area contributed by atoms with E-state index in [1.807, 2.05) is 0 Å². The second kappa shape index (κ2) is 8.16.